The van der Waals surface area contributed by atoms with Gasteiger partial charge in [-0.3, -0.25) is 0 Å². The minimum absolute atomic E-state index is 0.914. The van der Waals surface area contributed by atoms with Crippen molar-refractivity contribution in [2.24, 2.45) is 0 Å². The molecule has 0 bridgehead atoms. The number of unbranched alkanes of at least 4 members (excludes halogenated alkanes) is 3. The van der Waals surface area contributed by atoms with Crippen LogP contribution in [0.15, 0.2) is 54.6 Å². The molecular weight excluding hydrogens is 292 g/mol. The number of pyridine rings is 1. The smallest absolute Gasteiger partial charge is 0.127 e. The summed E-state index contributed by atoms with van der Waals surface area (Å²) in [7, 11) is 1.92. The van der Waals surface area contributed by atoms with E-state index < -0.39 is 0 Å². The second kappa shape index (κ2) is 7.96. The maximum atomic E-state index is 4.72. The molecule has 0 amide bonds. The minimum atomic E-state index is 0.914. The fourth-order valence-electron chi connectivity index (χ4n) is 3.17. The van der Waals surface area contributed by atoms with Crippen LogP contribution < -0.4 is 5.32 Å². The summed E-state index contributed by atoms with van der Waals surface area (Å²) < 4.78 is 0. The molecule has 1 aromatic heterocycles. The molecule has 2 nitrogen and oxygen atoms in total. The van der Waals surface area contributed by atoms with Crippen LogP contribution in [0.2, 0.25) is 0 Å². The Morgan fingerprint density at radius 1 is 0.917 bits per heavy atom. The van der Waals surface area contributed by atoms with Gasteiger partial charge in [-0.05, 0) is 47.7 Å². The number of rotatable bonds is 7. The van der Waals surface area contributed by atoms with Gasteiger partial charge in [0.1, 0.15) is 5.82 Å². The molecule has 0 aliphatic rings. The molecule has 3 aromatic rings. The summed E-state index contributed by atoms with van der Waals surface area (Å²) in [5.41, 5.74) is 4.96. The molecule has 0 saturated heterocycles. The lowest BCUT2D eigenvalue weighted by Gasteiger charge is -2.11. The van der Waals surface area contributed by atoms with E-state index in [1.807, 2.05) is 7.05 Å². The predicted octanol–water partition coefficient (Wildman–Crippen LogP) is 6.07. The largest absolute Gasteiger partial charge is 0.373 e. The van der Waals surface area contributed by atoms with Crippen molar-refractivity contribution in [2.75, 3.05) is 12.4 Å². The Balaban J connectivity index is 2.00. The summed E-state index contributed by atoms with van der Waals surface area (Å²) in [5.74, 6) is 0.914. The number of benzene rings is 2. The number of nitrogens with zero attached hydrogens (tertiary/aromatic N) is 1. The van der Waals surface area contributed by atoms with Crippen LogP contribution in [0.1, 0.15) is 38.2 Å². The third-order valence-corrected chi connectivity index (χ3v) is 4.53. The highest BCUT2D eigenvalue weighted by Gasteiger charge is 2.08. The van der Waals surface area contributed by atoms with Crippen molar-refractivity contribution in [3.63, 3.8) is 0 Å². The van der Waals surface area contributed by atoms with E-state index in [4.69, 9.17) is 4.98 Å². The Hall–Kier alpha value is -2.35. The lowest BCUT2D eigenvalue weighted by atomic mass is 9.97. The van der Waals surface area contributed by atoms with Crippen molar-refractivity contribution in [2.45, 2.75) is 39.0 Å². The van der Waals surface area contributed by atoms with Gasteiger partial charge in [0.25, 0.3) is 0 Å². The highest BCUT2D eigenvalue weighted by molar-refractivity contribution is 5.96. The van der Waals surface area contributed by atoms with Gasteiger partial charge in [-0.2, -0.15) is 0 Å². The second-order valence-corrected chi connectivity index (χ2v) is 6.33. The van der Waals surface area contributed by atoms with Crippen LogP contribution in [0.5, 0.6) is 0 Å². The zero-order valence-electron chi connectivity index (χ0n) is 14.7. The van der Waals surface area contributed by atoms with E-state index in [1.165, 1.54) is 47.8 Å². The molecule has 2 aromatic carbocycles. The molecule has 124 valence electrons. The zero-order valence-corrected chi connectivity index (χ0v) is 14.7. The highest BCUT2D eigenvalue weighted by atomic mass is 15.0. The molecule has 0 saturated carbocycles. The van der Waals surface area contributed by atoms with E-state index in [2.05, 4.69) is 66.8 Å². The number of aryl methyl sites for hydroxylation is 1. The van der Waals surface area contributed by atoms with Gasteiger partial charge < -0.3 is 5.32 Å². The quantitative estimate of drug-likeness (QED) is 0.535. The minimum Gasteiger partial charge on any atom is -0.373 e. The Morgan fingerprint density at radius 3 is 2.50 bits per heavy atom. The zero-order chi connectivity index (χ0) is 16.8. The molecular formula is C22H26N2. The van der Waals surface area contributed by atoms with E-state index in [0.717, 1.165) is 17.8 Å². The van der Waals surface area contributed by atoms with Crippen LogP contribution in [0.25, 0.3) is 22.0 Å². The lowest BCUT2D eigenvalue weighted by Crippen LogP contribution is -1.95. The molecule has 0 radical (unpaired) electrons. The first-order valence-corrected chi connectivity index (χ1v) is 8.98. The fourth-order valence-corrected chi connectivity index (χ4v) is 3.17. The second-order valence-electron chi connectivity index (χ2n) is 6.33. The molecule has 0 aliphatic heterocycles. The van der Waals surface area contributed by atoms with Crippen molar-refractivity contribution in [1.82, 2.24) is 4.98 Å². The van der Waals surface area contributed by atoms with Gasteiger partial charge in [0.05, 0.1) is 5.52 Å². The van der Waals surface area contributed by atoms with E-state index >= 15 is 0 Å². The third kappa shape index (κ3) is 3.76. The fraction of sp³-hybridized carbons (Fsp3) is 0.318. The van der Waals surface area contributed by atoms with Gasteiger partial charge in [0.2, 0.25) is 0 Å². The average Bonchev–Trinajstić information content (AvgIpc) is 2.65. The predicted molar refractivity (Wildman–Crippen MR) is 105 cm³/mol. The summed E-state index contributed by atoms with van der Waals surface area (Å²) in [5, 5.41) is 4.42. The summed E-state index contributed by atoms with van der Waals surface area (Å²) >= 11 is 0. The number of hydrogen-bond donors (Lipinski definition) is 1. The molecule has 0 fully saturated rings. The number of fused-ring (bicyclic) bond motifs is 1. The van der Waals surface area contributed by atoms with Crippen LogP contribution in [-0.4, -0.2) is 12.0 Å². The van der Waals surface area contributed by atoms with E-state index in [9.17, 15) is 0 Å². The monoisotopic (exact) mass is 318 g/mol. The molecule has 3 rings (SSSR count). The molecule has 2 heteroatoms. The maximum absolute atomic E-state index is 4.72. The number of aromatic nitrogens is 1. The normalized spacial score (nSPS) is 10.9. The van der Waals surface area contributed by atoms with Crippen LogP contribution in [-0.2, 0) is 6.42 Å². The van der Waals surface area contributed by atoms with Crippen molar-refractivity contribution in [3.8, 4) is 11.1 Å². The van der Waals surface area contributed by atoms with Gasteiger partial charge in [0, 0.05) is 12.4 Å². The van der Waals surface area contributed by atoms with Gasteiger partial charge in [-0.15, -0.1) is 0 Å². The summed E-state index contributed by atoms with van der Waals surface area (Å²) in [6.07, 6.45) is 6.35. The Bertz CT molecular complexity index is 794. The number of hydrogen-bond acceptors (Lipinski definition) is 2. The summed E-state index contributed by atoms with van der Waals surface area (Å²) in [4.78, 5) is 4.72. The Labute approximate surface area is 144 Å². The van der Waals surface area contributed by atoms with Crippen LogP contribution in [0.3, 0.4) is 0 Å². The van der Waals surface area contributed by atoms with Crippen LogP contribution >= 0.6 is 0 Å². The summed E-state index contributed by atoms with van der Waals surface area (Å²) in [6.45, 7) is 2.26. The SMILES string of the molecule is CCCCCCc1ccc2nc(NC)cc(-c3ccccc3)c2c1. The van der Waals surface area contributed by atoms with E-state index in [0.29, 0.717) is 0 Å². The maximum Gasteiger partial charge on any atom is 0.127 e. The van der Waals surface area contributed by atoms with E-state index in [1.54, 1.807) is 0 Å². The first kappa shape index (κ1) is 16.5. The summed E-state index contributed by atoms with van der Waals surface area (Å²) in [6, 6.07) is 19.5. The first-order chi connectivity index (χ1) is 11.8. The van der Waals surface area contributed by atoms with Crippen molar-refractivity contribution >= 4 is 16.7 Å². The lowest BCUT2D eigenvalue weighted by molar-refractivity contribution is 0.667. The molecule has 0 spiro atoms. The standard InChI is InChI=1S/C22H26N2/c1-3-4-5-7-10-17-13-14-21-20(15-17)19(16-22(23-2)24-21)18-11-8-6-9-12-18/h6,8-9,11-16H,3-5,7,10H2,1-2H3,(H,23,24). The number of nitrogens with one attached hydrogen (secondary N) is 1. The van der Waals surface area contributed by atoms with Crippen molar-refractivity contribution in [1.29, 1.82) is 0 Å². The molecule has 1 heterocycles. The average molecular weight is 318 g/mol. The molecule has 0 atom stereocenters. The molecule has 1 N–H and O–H groups in total. The van der Waals surface area contributed by atoms with Crippen molar-refractivity contribution in [3.05, 3.63) is 60.2 Å². The van der Waals surface area contributed by atoms with Gasteiger partial charge in [-0.25, -0.2) is 4.98 Å². The molecule has 0 aliphatic carbocycles. The van der Waals surface area contributed by atoms with Gasteiger partial charge in [0.15, 0.2) is 0 Å². The first-order valence-electron chi connectivity index (χ1n) is 8.98. The molecule has 0 unspecified atom stereocenters. The highest BCUT2D eigenvalue weighted by Crippen LogP contribution is 2.31. The number of anilines is 1. The third-order valence-electron chi connectivity index (χ3n) is 4.53. The van der Waals surface area contributed by atoms with Crippen LogP contribution in [0.4, 0.5) is 5.82 Å². The van der Waals surface area contributed by atoms with Gasteiger partial charge >= 0.3 is 0 Å². The molecule has 24 heavy (non-hydrogen) atoms. The Morgan fingerprint density at radius 2 is 1.75 bits per heavy atom. The Kier molecular flexibility index (Phi) is 5.47. The van der Waals surface area contributed by atoms with Crippen molar-refractivity contribution < 1.29 is 0 Å². The van der Waals surface area contributed by atoms with Gasteiger partial charge in [-0.1, -0.05) is 62.6 Å². The van der Waals surface area contributed by atoms with Crippen LogP contribution in [0, 0.1) is 0 Å². The van der Waals surface area contributed by atoms with E-state index in [-0.39, 0.29) is 0 Å². The topological polar surface area (TPSA) is 24.9 Å².